The zero-order valence-corrected chi connectivity index (χ0v) is 16.2. The lowest BCUT2D eigenvalue weighted by Gasteiger charge is -2.65. The number of ketones is 1. The summed E-state index contributed by atoms with van der Waals surface area (Å²) < 4.78 is 10.8. The van der Waals surface area contributed by atoms with E-state index in [-0.39, 0.29) is 23.3 Å². The minimum atomic E-state index is -0.543. The summed E-state index contributed by atoms with van der Waals surface area (Å²) in [5.74, 6) is 1.07. The number of rotatable bonds is 1. The average molecular weight is 380 g/mol. The summed E-state index contributed by atoms with van der Waals surface area (Å²) in [4.78, 5) is 30.8. The molecule has 3 spiro atoms. The van der Waals surface area contributed by atoms with Crippen LogP contribution in [0.15, 0.2) is 30.4 Å². The fraction of sp³-hybridized carbons (Fsp3) is 0.545. The van der Waals surface area contributed by atoms with Crippen LogP contribution in [0, 0.1) is 5.41 Å². The summed E-state index contributed by atoms with van der Waals surface area (Å²) >= 11 is 0. The van der Waals surface area contributed by atoms with Crippen molar-refractivity contribution >= 4 is 17.6 Å². The number of ether oxygens (including phenoxy) is 2. The molecule has 0 aromatic heterocycles. The number of benzene rings is 1. The monoisotopic (exact) mass is 380 g/mol. The largest absolute Gasteiger partial charge is 0.497 e. The molecule has 1 amide bonds. The van der Waals surface area contributed by atoms with Crippen LogP contribution in [0.2, 0.25) is 0 Å². The molecule has 3 aliphatic heterocycles. The molecule has 6 aliphatic rings. The maximum atomic E-state index is 13.5. The molecule has 28 heavy (non-hydrogen) atoms. The molecule has 4 fully saturated rings. The van der Waals surface area contributed by atoms with Crippen molar-refractivity contribution in [2.75, 3.05) is 32.2 Å². The number of carbonyl (C=O) groups is 2. The molecule has 1 aromatic carbocycles. The number of anilines is 1. The van der Waals surface area contributed by atoms with Gasteiger partial charge in [-0.3, -0.25) is 14.6 Å². The minimum Gasteiger partial charge on any atom is -0.497 e. The Morgan fingerprint density at radius 3 is 2.82 bits per heavy atom. The molecule has 4 unspecified atom stereocenters. The van der Waals surface area contributed by atoms with Gasteiger partial charge in [-0.25, -0.2) is 4.79 Å². The molecule has 1 aromatic rings. The third-order valence-electron chi connectivity index (χ3n) is 8.33. The predicted octanol–water partition coefficient (Wildman–Crippen LogP) is 2.66. The van der Waals surface area contributed by atoms with Crippen LogP contribution in [0.5, 0.6) is 5.75 Å². The Hall–Kier alpha value is -2.34. The topological polar surface area (TPSA) is 59.1 Å². The van der Waals surface area contributed by atoms with Crippen molar-refractivity contribution in [2.45, 2.75) is 42.7 Å². The molecule has 4 atom stereocenters. The number of methoxy groups -OCH3 is 2. The van der Waals surface area contributed by atoms with E-state index in [0.717, 1.165) is 49.4 Å². The van der Waals surface area contributed by atoms with Crippen molar-refractivity contribution in [3.8, 4) is 5.75 Å². The Morgan fingerprint density at radius 1 is 1.21 bits per heavy atom. The first-order valence-corrected chi connectivity index (χ1v) is 10.1. The molecule has 6 nitrogen and oxygen atoms in total. The summed E-state index contributed by atoms with van der Waals surface area (Å²) in [6.07, 6.45) is 6.95. The first-order valence-electron chi connectivity index (χ1n) is 10.1. The van der Waals surface area contributed by atoms with Gasteiger partial charge < -0.3 is 9.47 Å². The van der Waals surface area contributed by atoms with Crippen LogP contribution < -0.4 is 9.64 Å². The molecule has 1 saturated heterocycles. The van der Waals surface area contributed by atoms with Gasteiger partial charge in [-0.05, 0) is 49.6 Å². The first-order chi connectivity index (χ1) is 13.5. The highest BCUT2D eigenvalue weighted by Gasteiger charge is 2.80. The third kappa shape index (κ3) is 1.48. The average Bonchev–Trinajstić information content (AvgIpc) is 3.23. The second-order valence-corrected chi connectivity index (χ2v) is 8.88. The number of carbonyl (C=O) groups excluding carboxylic acids is 2. The lowest BCUT2D eigenvalue weighted by atomic mass is 9.42. The fourth-order valence-corrected chi connectivity index (χ4v) is 7.47. The Bertz CT molecular complexity index is 958. The molecule has 0 radical (unpaired) electrons. The molecule has 3 saturated carbocycles. The highest BCUT2D eigenvalue weighted by molar-refractivity contribution is 6.01. The predicted molar refractivity (Wildman–Crippen MR) is 103 cm³/mol. The van der Waals surface area contributed by atoms with Gasteiger partial charge in [-0.1, -0.05) is 12.2 Å². The molecule has 3 aliphatic carbocycles. The molecule has 3 heterocycles. The van der Waals surface area contributed by atoms with E-state index in [1.54, 1.807) is 7.11 Å². The van der Waals surface area contributed by atoms with Crippen LogP contribution in [-0.4, -0.2) is 55.7 Å². The molecule has 0 N–H and O–H groups in total. The number of hydrogen-bond acceptors (Lipinski definition) is 5. The van der Waals surface area contributed by atoms with Gasteiger partial charge in [-0.15, -0.1) is 0 Å². The van der Waals surface area contributed by atoms with Gasteiger partial charge in [0, 0.05) is 24.4 Å². The third-order valence-corrected chi connectivity index (χ3v) is 8.33. The Balaban J connectivity index is 1.70. The van der Waals surface area contributed by atoms with Gasteiger partial charge in [-0.2, -0.15) is 0 Å². The van der Waals surface area contributed by atoms with Gasteiger partial charge in [0.05, 0.1) is 30.9 Å². The summed E-state index contributed by atoms with van der Waals surface area (Å²) in [7, 11) is 3.10. The van der Waals surface area contributed by atoms with E-state index in [1.807, 2.05) is 17.0 Å². The fourth-order valence-electron chi connectivity index (χ4n) is 7.47. The van der Waals surface area contributed by atoms with Crippen LogP contribution in [0.25, 0.3) is 0 Å². The van der Waals surface area contributed by atoms with Crippen molar-refractivity contribution in [3.63, 3.8) is 0 Å². The quantitative estimate of drug-likeness (QED) is 0.701. The van der Waals surface area contributed by atoms with E-state index in [1.165, 1.54) is 7.11 Å². The van der Waals surface area contributed by atoms with Gasteiger partial charge in [0.25, 0.3) is 0 Å². The van der Waals surface area contributed by atoms with E-state index >= 15 is 0 Å². The van der Waals surface area contributed by atoms with Gasteiger partial charge >= 0.3 is 6.09 Å². The van der Waals surface area contributed by atoms with Gasteiger partial charge in [0.1, 0.15) is 11.5 Å². The number of amides is 1. The summed E-state index contributed by atoms with van der Waals surface area (Å²) in [5.41, 5.74) is 0.801. The van der Waals surface area contributed by atoms with Crippen molar-refractivity contribution < 1.29 is 19.1 Å². The van der Waals surface area contributed by atoms with E-state index < -0.39 is 11.0 Å². The van der Waals surface area contributed by atoms with Gasteiger partial charge in [0.2, 0.25) is 0 Å². The smallest absolute Gasteiger partial charge is 0.414 e. The van der Waals surface area contributed by atoms with Crippen molar-refractivity contribution in [3.05, 3.63) is 35.9 Å². The molecule has 6 heteroatoms. The molecule has 146 valence electrons. The van der Waals surface area contributed by atoms with Crippen LogP contribution in [0.4, 0.5) is 10.5 Å². The minimum absolute atomic E-state index is 0.0977. The van der Waals surface area contributed by atoms with Crippen LogP contribution >= 0.6 is 0 Å². The summed E-state index contributed by atoms with van der Waals surface area (Å²) in [6.45, 7) is 1.81. The molecule has 2 bridgehead atoms. The summed E-state index contributed by atoms with van der Waals surface area (Å²) in [5, 5.41) is 0. The standard InChI is InChI=1S/C22H24N2O4/c1-27-14-4-5-16-15(12-14)22-9-11-23-10-3-6-20(18(22)23)7-8-21(22,13-17(20)25)24(16)19(26)28-2/h3-6,12,18H,7-11,13H2,1-2H3. The normalized spacial score (nSPS) is 39.6. The maximum absolute atomic E-state index is 13.5. The van der Waals surface area contributed by atoms with E-state index in [4.69, 9.17) is 9.47 Å². The van der Waals surface area contributed by atoms with Crippen LogP contribution in [0.3, 0.4) is 0 Å². The number of hydrogen-bond donors (Lipinski definition) is 0. The van der Waals surface area contributed by atoms with Gasteiger partial charge in [0.15, 0.2) is 0 Å². The zero-order chi connectivity index (χ0) is 19.3. The first kappa shape index (κ1) is 16.6. The van der Waals surface area contributed by atoms with E-state index in [0.29, 0.717) is 6.42 Å². The SMILES string of the molecule is COC(=O)N1c2ccc(OC)cc2C23CCN4CC=CC5(CCC12CC5=O)C43. The number of fused-ring (bicyclic) bond motifs is 3. The van der Waals surface area contributed by atoms with Crippen molar-refractivity contribution in [1.82, 2.24) is 4.90 Å². The maximum Gasteiger partial charge on any atom is 0.414 e. The highest BCUT2D eigenvalue weighted by Crippen LogP contribution is 2.72. The van der Waals surface area contributed by atoms with E-state index in [9.17, 15) is 9.59 Å². The molecular formula is C22H24N2O4. The number of nitrogens with zero attached hydrogens (tertiary/aromatic N) is 2. The van der Waals surface area contributed by atoms with E-state index in [2.05, 4.69) is 23.1 Å². The number of Topliss-reactive ketones (excluding diaryl/α,β-unsaturated/α-hetero) is 1. The Labute approximate surface area is 164 Å². The van der Waals surface area contributed by atoms with Crippen molar-refractivity contribution in [2.24, 2.45) is 5.41 Å². The lowest BCUT2D eigenvalue weighted by Crippen LogP contribution is -2.77. The highest BCUT2D eigenvalue weighted by atomic mass is 16.5. The van der Waals surface area contributed by atoms with Crippen LogP contribution in [0.1, 0.15) is 31.2 Å². The lowest BCUT2D eigenvalue weighted by molar-refractivity contribution is -0.147. The molecular weight excluding hydrogens is 356 g/mol. The second kappa shape index (κ2) is 4.98. The summed E-state index contributed by atoms with van der Waals surface area (Å²) in [6, 6.07) is 6.07. The van der Waals surface area contributed by atoms with Crippen molar-refractivity contribution in [1.29, 1.82) is 0 Å². The Kier molecular flexibility index (Phi) is 2.95. The molecule has 7 rings (SSSR count). The zero-order valence-electron chi connectivity index (χ0n) is 16.2. The Morgan fingerprint density at radius 2 is 2.07 bits per heavy atom. The second-order valence-electron chi connectivity index (χ2n) is 8.88. The van der Waals surface area contributed by atoms with Crippen LogP contribution in [-0.2, 0) is 14.9 Å².